The van der Waals surface area contributed by atoms with Gasteiger partial charge < -0.3 is 15.0 Å². The Labute approximate surface area is 196 Å². The molecule has 3 aromatic carbocycles. The number of thioether (sulfide) groups is 1. The highest BCUT2D eigenvalue weighted by molar-refractivity contribution is 8.00. The fourth-order valence-electron chi connectivity index (χ4n) is 3.61. The number of halogens is 1. The SMILES string of the molecule is COc1ccc(NC(=O)c2ccc(C3SCC(=O)N3CCc3ccccc3)cc2)cc1Cl. The zero-order valence-electron chi connectivity index (χ0n) is 17.6. The molecule has 1 aliphatic rings. The van der Waals surface area contributed by atoms with Gasteiger partial charge in [0.1, 0.15) is 11.1 Å². The van der Waals surface area contributed by atoms with Gasteiger partial charge >= 0.3 is 0 Å². The van der Waals surface area contributed by atoms with Crippen molar-refractivity contribution in [2.45, 2.75) is 11.8 Å². The molecule has 1 saturated heterocycles. The quantitative estimate of drug-likeness (QED) is 0.505. The Morgan fingerprint density at radius 3 is 2.56 bits per heavy atom. The molecule has 5 nitrogen and oxygen atoms in total. The molecule has 0 spiro atoms. The minimum atomic E-state index is -0.228. The van der Waals surface area contributed by atoms with E-state index in [1.54, 1.807) is 49.2 Å². The number of methoxy groups -OCH3 is 1. The van der Waals surface area contributed by atoms with Crippen molar-refractivity contribution in [3.05, 3.63) is 94.5 Å². The molecule has 2 amide bonds. The first-order valence-corrected chi connectivity index (χ1v) is 11.7. The topological polar surface area (TPSA) is 58.6 Å². The van der Waals surface area contributed by atoms with E-state index in [-0.39, 0.29) is 17.2 Å². The maximum Gasteiger partial charge on any atom is 0.255 e. The van der Waals surface area contributed by atoms with Gasteiger partial charge in [0, 0.05) is 17.8 Å². The third-order valence-corrected chi connectivity index (χ3v) is 6.87. The van der Waals surface area contributed by atoms with E-state index in [0.717, 1.165) is 12.0 Å². The molecule has 0 aliphatic carbocycles. The highest BCUT2D eigenvalue weighted by Crippen LogP contribution is 2.38. The van der Waals surface area contributed by atoms with Crippen molar-refractivity contribution >= 4 is 40.9 Å². The molecule has 0 radical (unpaired) electrons. The van der Waals surface area contributed by atoms with Gasteiger partial charge in [0.15, 0.2) is 0 Å². The Morgan fingerprint density at radius 2 is 1.88 bits per heavy atom. The number of carbonyl (C=O) groups excluding carboxylic acids is 2. The van der Waals surface area contributed by atoms with Crippen LogP contribution in [0.25, 0.3) is 0 Å². The Morgan fingerprint density at radius 1 is 1.12 bits per heavy atom. The summed E-state index contributed by atoms with van der Waals surface area (Å²) in [5, 5.41) is 3.24. The van der Waals surface area contributed by atoms with Crippen LogP contribution in [0.2, 0.25) is 5.02 Å². The minimum absolute atomic E-state index is 0.0382. The number of anilines is 1. The summed E-state index contributed by atoms with van der Waals surface area (Å²) in [5.41, 5.74) is 3.35. The second-order valence-electron chi connectivity index (χ2n) is 7.41. The standard InChI is InChI=1S/C25H23ClN2O3S/c1-31-22-12-11-20(15-21(22)26)27-24(30)18-7-9-19(10-8-18)25-28(23(29)16-32-25)14-13-17-5-3-2-4-6-17/h2-12,15,25H,13-14,16H2,1H3,(H,27,30). The Balaban J connectivity index is 1.42. The molecule has 7 heteroatoms. The van der Waals surface area contributed by atoms with Crippen molar-refractivity contribution in [2.24, 2.45) is 0 Å². The zero-order valence-corrected chi connectivity index (χ0v) is 19.2. The molecule has 1 aliphatic heterocycles. The van der Waals surface area contributed by atoms with Crippen LogP contribution in [0.15, 0.2) is 72.8 Å². The number of nitrogens with one attached hydrogen (secondary N) is 1. The first kappa shape index (κ1) is 22.2. The van der Waals surface area contributed by atoms with Gasteiger partial charge in [-0.15, -0.1) is 11.8 Å². The van der Waals surface area contributed by atoms with Crippen molar-refractivity contribution in [1.82, 2.24) is 4.90 Å². The fourth-order valence-corrected chi connectivity index (χ4v) is 5.09. The van der Waals surface area contributed by atoms with Crippen LogP contribution >= 0.6 is 23.4 Å². The average Bonchev–Trinajstić information content (AvgIpc) is 3.19. The van der Waals surface area contributed by atoms with Crippen molar-refractivity contribution in [3.63, 3.8) is 0 Å². The normalized spacial score (nSPS) is 15.6. The highest BCUT2D eigenvalue weighted by Gasteiger charge is 2.32. The van der Waals surface area contributed by atoms with Gasteiger partial charge in [-0.25, -0.2) is 0 Å². The minimum Gasteiger partial charge on any atom is -0.495 e. The van der Waals surface area contributed by atoms with E-state index in [0.29, 0.717) is 34.3 Å². The van der Waals surface area contributed by atoms with Gasteiger partial charge in [-0.3, -0.25) is 9.59 Å². The van der Waals surface area contributed by atoms with Crippen molar-refractivity contribution < 1.29 is 14.3 Å². The maximum absolute atomic E-state index is 12.6. The number of rotatable bonds is 7. The van der Waals surface area contributed by atoms with Gasteiger partial charge in [-0.2, -0.15) is 0 Å². The summed E-state index contributed by atoms with van der Waals surface area (Å²) in [5.74, 6) is 0.942. The number of nitrogens with zero attached hydrogens (tertiary/aromatic N) is 1. The Kier molecular flexibility index (Phi) is 7.02. The lowest BCUT2D eigenvalue weighted by molar-refractivity contribution is -0.128. The second kappa shape index (κ2) is 10.1. The van der Waals surface area contributed by atoms with Crippen molar-refractivity contribution in [3.8, 4) is 5.75 Å². The number of carbonyl (C=O) groups is 2. The molecule has 4 rings (SSSR count). The number of hydrogen-bond donors (Lipinski definition) is 1. The first-order chi connectivity index (χ1) is 15.5. The third-order valence-electron chi connectivity index (χ3n) is 5.32. The van der Waals surface area contributed by atoms with Crippen LogP contribution in [-0.4, -0.2) is 36.1 Å². The van der Waals surface area contributed by atoms with Crippen LogP contribution in [0.3, 0.4) is 0 Å². The van der Waals surface area contributed by atoms with Gasteiger partial charge in [-0.05, 0) is 47.9 Å². The molecule has 32 heavy (non-hydrogen) atoms. The van der Waals surface area contributed by atoms with Crippen LogP contribution in [0.4, 0.5) is 5.69 Å². The van der Waals surface area contributed by atoms with Gasteiger partial charge in [0.25, 0.3) is 5.91 Å². The lowest BCUT2D eigenvalue weighted by Crippen LogP contribution is -2.30. The summed E-state index contributed by atoms with van der Waals surface area (Å²) >= 11 is 7.75. The van der Waals surface area contributed by atoms with Crippen LogP contribution in [0.5, 0.6) is 5.75 Å². The van der Waals surface area contributed by atoms with Gasteiger partial charge in [-0.1, -0.05) is 54.1 Å². The van der Waals surface area contributed by atoms with Crippen LogP contribution in [0.1, 0.15) is 26.9 Å². The Hall–Kier alpha value is -2.96. The van der Waals surface area contributed by atoms with Gasteiger partial charge in [0.05, 0.1) is 17.9 Å². The number of amides is 2. The predicted octanol–water partition coefficient (Wildman–Crippen LogP) is 5.42. The largest absolute Gasteiger partial charge is 0.495 e. The van der Waals surface area contributed by atoms with Crippen molar-refractivity contribution in [2.75, 3.05) is 24.7 Å². The first-order valence-electron chi connectivity index (χ1n) is 10.2. The molecule has 3 aromatic rings. The molecular weight excluding hydrogens is 444 g/mol. The van der Waals surface area contributed by atoms with Gasteiger partial charge in [0.2, 0.25) is 5.91 Å². The van der Waals surface area contributed by atoms with E-state index in [1.807, 2.05) is 35.2 Å². The van der Waals surface area contributed by atoms with E-state index in [1.165, 1.54) is 5.56 Å². The van der Waals surface area contributed by atoms with Crippen LogP contribution < -0.4 is 10.1 Å². The molecule has 164 valence electrons. The number of hydrogen-bond acceptors (Lipinski definition) is 4. The molecule has 0 bridgehead atoms. The predicted molar refractivity (Wildman–Crippen MR) is 129 cm³/mol. The smallest absolute Gasteiger partial charge is 0.255 e. The van der Waals surface area contributed by atoms with Crippen LogP contribution in [-0.2, 0) is 11.2 Å². The maximum atomic E-state index is 12.6. The highest BCUT2D eigenvalue weighted by atomic mass is 35.5. The lowest BCUT2D eigenvalue weighted by atomic mass is 10.1. The van der Waals surface area contributed by atoms with E-state index in [2.05, 4.69) is 17.4 Å². The summed E-state index contributed by atoms with van der Waals surface area (Å²) in [6.07, 6.45) is 0.814. The number of ether oxygens (including phenoxy) is 1. The summed E-state index contributed by atoms with van der Waals surface area (Å²) in [7, 11) is 1.54. The summed E-state index contributed by atoms with van der Waals surface area (Å²) in [6, 6.07) is 22.7. The summed E-state index contributed by atoms with van der Waals surface area (Å²) < 4.78 is 5.14. The van der Waals surface area contributed by atoms with E-state index in [4.69, 9.17) is 16.3 Å². The lowest BCUT2D eigenvalue weighted by Gasteiger charge is -2.24. The average molecular weight is 467 g/mol. The fraction of sp³-hybridized carbons (Fsp3) is 0.200. The molecule has 0 saturated carbocycles. The van der Waals surface area contributed by atoms with E-state index in [9.17, 15) is 9.59 Å². The molecule has 1 unspecified atom stereocenters. The second-order valence-corrected chi connectivity index (χ2v) is 8.89. The monoisotopic (exact) mass is 466 g/mol. The summed E-state index contributed by atoms with van der Waals surface area (Å²) in [4.78, 5) is 27.0. The molecule has 0 aromatic heterocycles. The molecule has 1 fully saturated rings. The molecule has 1 atom stereocenters. The molecule has 1 heterocycles. The van der Waals surface area contributed by atoms with Crippen molar-refractivity contribution in [1.29, 1.82) is 0 Å². The van der Waals surface area contributed by atoms with Crippen LogP contribution in [0, 0.1) is 0 Å². The van der Waals surface area contributed by atoms with E-state index < -0.39 is 0 Å². The Bertz CT molecular complexity index is 1110. The zero-order chi connectivity index (χ0) is 22.5. The summed E-state index contributed by atoms with van der Waals surface area (Å²) in [6.45, 7) is 0.668. The third kappa shape index (κ3) is 5.09. The molecular formula is C25H23ClN2O3S. The number of benzene rings is 3. The molecule has 1 N–H and O–H groups in total. The van der Waals surface area contributed by atoms with E-state index >= 15 is 0 Å².